The molecule has 0 saturated carbocycles. The normalized spacial score (nSPS) is 14.0. The fourth-order valence-corrected chi connectivity index (χ4v) is 1.86. The highest BCUT2D eigenvalue weighted by Gasteiger charge is 2.20. The van der Waals surface area contributed by atoms with Crippen LogP contribution in [-0.4, -0.2) is 40.5 Å². The molecule has 2 atom stereocenters. The Bertz CT molecular complexity index is 536. The lowest BCUT2D eigenvalue weighted by Crippen LogP contribution is -2.34. The third-order valence-corrected chi connectivity index (χ3v) is 3.01. The third kappa shape index (κ3) is 6.66. The predicted octanol–water partition coefficient (Wildman–Crippen LogP) is 1.09. The van der Waals surface area contributed by atoms with E-state index in [-0.39, 0.29) is 13.0 Å². The lowest BCUT2D eigenvalue weighted by Gasteiger charge is -2.21. The summed E-state index contributed by atoms with van der Waals surface area (Å²) in [6.07, 6.45) is -2.62. The SMILES string of the molecule is CC(C)(C)OC(=O)NCCC(O)C(O)c1ccc(C(N)=O)cc1. The molecule has 7 heteroatoms. The zero-order valence-electron chi connectivity index (χ0n) is 13.6. The predicted molar refractivity (Wildman–Crippen MR) is 84.8 cm³/mol. The van der Waals surface area contributed by atoms with Gasteiger partial charge in [-0.25, -0.2) is 4.79 Å². The first-order chi connectivity index (χ1) is 10.6. The average Bonchev–Trinajstić information content (AvgIpc) is 2.44. The van der Waals surface area contributed by atoms with E-state index in [0.717, 1.165) is 0 Å². The molecule has 23 heavy (non-hydrogen) atoms. The smallest absolute Gasteiger partial charge is 0.407 e. The summed E-state index contributed by atoms with van der Waals surface area (Å²) >= 11 is 0. The molecule has 0 aliphatic heterocycles. The van der Waals surface area contributed by atoms with Gasteiger partial charge in [0.1, 0.15) is 11.7 Å². The second-order valence-corrected chi connectivity index (χ2v) is 6.22. The van der Waals surface area contributed by atoms with Gasteiger partial charge >= 0.3 is 6.09 Å². The topological polar surface area (TPSA) is 122 Å². The van der Waals surface area contributed by atoms with Gasteiger partial charge in [-0.15, -0.1) is 0 Å². The first-order valence-corrected chi connectivity index (χ1v) is 7.33. The van der Waals surface area contributed by atoms with Crippen LogP contribution in [0.25, 0.3) is 0 Å². The molecule has 0 aromatic heterocycles. The maximum Gasteiger partial charge on any atom is 0.407 e. The summed E-state index contributed by atoms with van der Waals surface area (Å²) in [5.41, 5.74) is 5.32. The van der Waals surface area contributed by atoms with Crippen LogP contribution in [-0.2, 0) is 4.74 Å². The van der Waals surface area contributed by atoms with Crippen molar-refractivity contribution in [2.24, 2.45) is 5.73 Å². The number of carbonyl (C=O) groups is 2. The van der Waals surface area contributed by atoms with E-state index >= 15 is 0 Å². The number of primary amides is 1. The molecule has 0 saturated heterocycles. The minimum atomic E-state index is -1.13. The molecule has 128 valence electrons. The lowest BCUT2D eigenvalue weighted by atomic mass is 10.0. The van der Waals surface area contributed by atoms with Crippen molar-refractivity contribution in [3.63, 3.8) is 0 Å². The maximum atomic E-state index is 11.5. The highest BCUT2D eigenvalue weighted by atomic mass is 16.6. The molecule has 0 fully saturated rings. The number of carbonyl (C=O) groups excluding carboxylic acids is 2. The Morgan fingerprint density at radius 1 is 1.22 bits per heavy atom. The number of hydrogen-bond donors (Lipinski definition) is 4. The minimum Gasteiger partial charge on any atom is -0.444 e. The molecule has 2 amide bonds. The fourth-order valence-electron chi connectivity index (χ4n) is 1.86. The molecule has 1 aromatic rings. The highest BCUT2D eigenvalue weighted by Crippen LogP contribution is 2.19. The van der Waals surface area contributed by atoms with E-state index in [2.05, 4.69) is 5.32 Å². The lowest BCUT2D eigenvalue weighted by molar-refractivity contribution is 0.0123. The molecule has 0 heterocycles. The number of aliphatic hydroxyl groups is 2. The summed E-state index contributed by atoms with van der Waals surface area (Å²) in [5, 5.41) is 22.5. The molecule has 7 nitrogen and oxygen atoms in total. The number of nitrogens with two attached hydrogens (primary N) is 1. The molecule has 0 aliphatic carbocycles. The van der Waals surface area contributed by atoms with Crippen LogP contribution in [0.2, 0.25) is 0 Å². The first-order valence-electron chi connectivity index (χ1n) is 7.33. The van der Waals surface area contributed by atoms with E-state index < -0.39 is 29.8 Å². The Hall–Kier alpha value is -2.12. The quantitative estimate of drug-likeness (QED) is 0.624. The number of ether oxygens (including phenoxy) is 1. The fraction of sp³-hybridized carbons (Fsp3) is 0.500. The number of nitrogens with one attached hydrogen (secondary N) is 1. The van der Waals surface area contributed by atoms with Crippen LogP contribution in [0, 0.1) is 0 Å². The van der Waals surface area contributed by atoms with Crippen molar-refractivity contribution in [3.05, 3.63) is 35.4 Å². The largest absolute Gasteiger partial charge is 0.444 e. The van der Waals surface area contributed by atoms with Crippen LogP contribution < -0.4 is 11.1 Å². The van der Waals surface area contributed by atoms with Crippen molar-refractivity contribution in [1.29, 1.82) is 0 Å². The van der Waals surface area contributed by atoms with Crippen molar-refractivity contribution in [3.8, 4) is 0 Å². The van der Waals surface area contributed by atoms with E-state index in [1.807, 2.05) is 0 Å². The first kappa shape index (κ1) is 18.9. The second-order valence-electron chi connectivity index (χ2n) is 6.22. The Morgan fingerprint density at radius 3 is 2.26 bits per heavy atom. The number of hydrogen-bond acceptors (Lipinski definition) is 5. The average molecular weight is 324 g/mol. The third-order valence-electron chi connectivity index (χ3n) is 3.01. The standard InChI is InChI=1S/C16H24N2O5/c1-16(2,3)23-15(22)18-9-8-12(19)13(20)10-4-6-11(7-5-10)14(17)21/h4-7,12-13,19-20H,8-9H2,1-3H3,(H2,17,21)(H,18,22). The van der Waals surface area contributed by atoms with Gasteiger partial charge in [0, 0.05) is 12.1 Å². The van der Waals surface area contributed by atoms with E-state index in [0.29, 0.717) is 11.1 Å². The monoisotopic (exact) mass is 324 g/mol. The van der Waals surface area contributed by atoms with Crippen molar-refractivity contribution in [2.45, 2.75) is 45.0 Å². The van der Waals surface area contributed by atoms with Crippen LogP contribution in [0.4, 0.5) is 4.79 Å². The van der Waals surface area contributed by atoms with Crippen molar-refractivity contribution in [1.82, 2.24) is 5.32 Å². The van der Waals surface area contributed by atoms with Gasteiger partial charge in [0.2, 0.25) is 5.91 Å². The van der Waals surface area contributed by atoms with E-state index in [1.54, 1.807) is 20.8 Å². The zero-order valence-corrected chi connectivity index (χ0v) is 13.6. The number of aliphatic hydroxyl groups excluding tert-OH is 2. The van der Waals surface area contributed by atoms with Gasteiger partial charge in [0.05, 0.1) is 6.10 Å². The van der Waals surface area contributed by atoms with Crippen LogP contribution in [0.1, 0.15) is 49.2 Å². The van der Waals surface area contributed by atoms with Gasteiger partial charge < -0.3 is 26.0 Å². The molecule has 5 N–H and O–H groups in total. The van der Waals surface area contributed by atoms with Gasteiger partial charge in [0.15, 0.2) is 0 Å². The number of benzene rings is 1. The van der Waals surface area contributed by atoms with Crippen molar-refractivity contribution in [2.75, 3.05) is 6.54 Å². The van der Waals surface area contributed by atoms with Gasteiger partial charge in [-0.3, -0.25) is 4.79 Å². The summed E-state index contributed by atoms with van der Waals surface area (Å²) in [5.74, 6) is -0.562. The molecular formula is C16H24N2O5. The summed E-state index contributed by atoms with van der Waals surface area (Å²) in [4.78, 5) is 22.4. The summed E-state index contributed by atoms with van der Waals surface area (Å²) < 4.78 is 5.06. The van der Waals surface area contributed by atoms with Crippen LogP contribution >= 0.6 is 0 Å². The Kier molecular flexibility index (Phi) is 6.53. The second kappa shape index (κ2) is 7.94. The molecule has 0 radical (unpaired) electrons. The molecule has 0 aliphatic rings. The molecule has 1 rings (SSSR count). The Balaban J connectivity index is 2.46. The van der Waals surface area contributed by atoms with Crippen molar-refractivity contribution >= 4 is 12.0 Å². The molecule has 0 spiro atoms. The van der Waals surface area contributed by atoms with Crippen LogP contribution in [0.3, 0.4) is 0 Å². The molecule has 0 bridgehead atoms. The number of amides is 2. The minimum absolute atomic E-state index is 0.151. The van der Waals surface area contributed by atoms with Gasteiger partial charge in [-0.05, 0) is 44.9 Å². The summed E-state index contributed by atoms with van der Waals surface area (Å²) in [6, 6.07) is 6.00. The van der Waals surface area contributed by atoms with Gasteiger partial charge in [-0.1, -0.05) is 12.1 Å². The number of rotatable bonds is 6. The van der Waals surface area contributed by atoms with Gasteiger partial charge in [-0.2, -0.15) is 0 Å². The molecule has 1 aromatic carbocycles. The van der Waals surface area contributed by atoms with Crippen LogP contribution in [0.15, 0.2) is 24.3 Å². The van der Waals surface area contributed by atoms with Gasteiger partial charge in [0.25, 0.3) is 0 Å². The van der Waals surface area contributed by atoms with Crippen molar-refractivity contribution < 1.29 is 24.5 Å². The Morgan fingerprint density at radius 2 is 1.78 bits per heavy atom. The van der Waals surface area contributed by atoms with E-state index in [1.165, 1.54) is 24.3 Å². The summed E-state index contributed by atoms with van der Waals surface area (Å²) in [6.45, 7) is 5.41. The molecule has 2 unspecified atom stereocenters. The van der Waals surface area contributed by atoms with E-state index in [4.69, 9.17) is 10.5 Å². The summed E-state index contributed by atoms with van der Waals surface area (Å²) in [7, 11) is 0. The number of alkyl carbamates (subject to hydrolysis) is 1. The maximum absolute atomic E-state index is 11.5. The highest BCUT2D eigenvalue weighted by molar-refractivity contribution is 5.92. The van der Waals surface area contributed by atoms with Crippen LogP contribution in [0.5, 0.6) is 0 Å². The zero-order chi connectivity index (χ0) is 17.6. The van der Waals surface area contributed by atoms with E-state index in [9.17, 15) is 19.8 Å². The Labute approximate surface area is 135 Å². The molecular weight excluding hydrogens is 300 g/mol.